The molecule has 0 radical (unpaired) electrons. The Bertz CT molecular complexity index is 581. The van der Waals surface area contributed by atoms with Crippen LogP contribution < -0.4 is 0 Å². The van der Waals surface area contributed by atoms with Gasteiger partial charge in [0.15, 0.2) is 5.78 Å². The van der Waals surface area contributed by atoms with E-state index in [9.17, 15) is 9.18 Å². The number of benzene rings is 1. The second kappa shape index (κ2) is 4.81. The summed E-state index contributed by atoms with van der Waals surface area (Å²) in [6.45, 7) is 0. The molecule has 2 aromatic rings. The third kappa shape index (κ3) is 2.32. The molecule has 3 heteroatoms. The minimum Gasteiger partial charge on any atom is -0.293 e. The van der Waals surface area contributed by atoms with Crippen molar-refractivity contribution in [2.45, 2.75) is 32.1 Å². The van der Waals surface area contributed by atoms with E-state index < -0.39 is 0 Å². The zero-order valence-electron chi connectivity index (χ0n) is 10.1. The largest absolute Gasteiger partial charge is 0.293 e. The standard InChI is InChI=1S/C15H15FOS/c16-12-5-6-14-11(8-12)9-15(18-14)13(17)7-10-3-1-2-4-10/h5-6,8-10H,1-4,7H2. The maximum absolute atomic E-state index is 13.1. The van der Waals surface area contributed by atoms with Crippen LogP contribution >= 0.6 is 11.3 Å². The highest BCUT2D eigenvalue weighted by Gasteiger charge is 2.20. The van der Waals surface area contributed by atoms with E-state index in [1.54, 1.807) is 6.07 Å². The Hall–Kier alpha value is -1.22. The van der Waals surface area contributed by atoms with Gasteiger partial charge in [-0.2, -0.15) is 0 Å². The number of carbonyl (C=O) groups is 1. The molecule has 0 atom stereocenters. The van der Waals surface area contributed by atoms with Crippen molar-refractivity contribution in [2.24, 2.45) is 5.92 Å². The molecule has 0 amide bonds. The summed E-state index contributed by atoms with van der Waals surface area (Å²) in [6, 6.07) is 6.53. The van der Waals surface area contributed by atoms with Crippen LogP contribution in [0, 0.1) is 11.7 Å². The Morgan fingerprint density at radius 2 is 2.06 bits per heavy atom. The SMILES string of the molecule is O=C(CC1CCCC1)c1cc2cc(F)ccc2s1. The second-order valence-electron chi connectivity index (χ2n) is 5.07. The van der Waals surface area contributed by atoms with Crippen molar-refractivity contribution < 1.29 is 9.18 Å². The Morgan fingerprint density at radius 1 is 1.28 bits per heavy atom. The number of hydrogen-bond acceptors (Lipinski definition) is 2. The first kappa shape index (κ1) is 11.8. The van der Waals surface area contributed by atoms with Gasteiger partial charge in [-0.1, -0.05) is 25.7 Å². The molecule has 1 aliphatic rings. The number of rotatable bonds is 3. The summed E-state index contributed by atoms with van der Waals surface area (Å²) in [5.41, 5.74) is 0. The van der Waals surface area contributed by atoms with E-state index >= 15 is 0 Å². The molecule has 1 aromatic heterocycles. The zero-order valence-corrected chi connectivity index (χ0v) is 10.9. The topological polar surface area (TPSA) is 17.1 Å². The van der Waals surface area contributed by atoms with E-state index in [2.05, 4.69) is 0 Å². The molecule has 1 aromatic carbocycles. The summed E-state index contributed by atoms with van der Waals surface area (Å²) in [6.07, 6.45) is 5.55. The average molecular weight is 262 g/mol. The van der Waals surface area contributed by atoms with Crippen LogP contribution in [0.25, 0.3) is 10.1 Å². The molecule has 1 aliphatic carbocycles. The van der Waals surface area contributed by atoms with Gasteiger partial charge in [-0.3, -0.25) is 4.79 Å². The Balaban J connectivity index is 1.82. The van der Waals surface area contributed by atoms with E-state index in [4.69, 9.17) is 0 Å². The smallest absolute Gasteiger partial charge is 0.173 e. The van der Waals surface area contributed by atoms with Crippen LogP contribution in [-0.2, 0) is 0 Å². The van der Waals surface area contributed by atoms with Crippen molar-refractivity contribution in [1.82, 2.24) is 0 Å². The molecule has 0 N–H and O–H groups in total. The van der Waals surface area contributed by atoms with Crippen LogP contribution in [0.5, 0.6) is 0 Å². The summed E-state index contributed by atoms with van der Waals surface area (Å²) in [5.74, 6) is 0.554. The average Bonchev–Trinajstić information content (AvgIpc) is 2.96. The molecular formula is C15H15FOS. The maximum Gasteiger partial charge on any atom is 0.173 e. The Labute approximate surface area is 110 Å². The van der Waals surface area contributed by atoms with Gasteiger partial charge in [0, 0.05) is 11.1 Å². The van der Waals surface area contributed by atoms with Crippen LogP contribution in [-0.4, -0.2) is 5.78 Å². The molecule has 94 valence electrons. The fraction of sp³-hybridized carbons (Fsp3) is 0.400. The third-order valence-electron chi connectivity index (χ3n) is 3.70. The molecule has 1 saturated carbocycles. The molecule has 1 heterocycles. The lowest BCUT2D eigenvalue weighted by Gasteiger charge is -2.05. The molecule has 0 unspecified atom stereocenters. The zero-order chi connectivity index (χ0) is 12.5. The summed E-state index contributed by atoms with van der Waals surface area (Å²) in [5, 5.41) is 0.842. The van der Waals surface area contributed by atoms with Crippen LogP contribution in [0.1, 0.15) is 41.8 Å². The van der Waals surface area contributed by atoms with E-state index in [0.717, 1.165) is 15.0 Å². The molecule has 0 spiro atoms. The number of carbonyl (C=O) groups excluding carboxylic acids is 1. The Kier molecular flexibility index (Phi) is 3.16. The van der Waals surface area contributed by atoms with Crippen LogP contribution in [0.2, 0.25) is 0 Å². The quantitative estimate of drug-likeness (QED) is 0.726. The van der Waals surface area contributed by atoms with Crippen molar-refractivity contribution in [1.29, 1.82) is 0 Å². The first-order valence-electron chi connectivity index (χ1n) is 6.45. The lowest BCUT2D eigenvalue weighted by atomic mass is 10.0. The second-order valence-corrected chi connectivity index (χ2v) is 6.15. The highest BCUT2D eigenvalue weighted by atomic mass is 32.1. The van der Waals surface area contributed by atoms with Gasteiger partial charge < -0.3 is 0 Å². The van der Waals surface area contributed by atoms with Gasteiger partial charge in [-0.15, -0.1) is 11.3 Å². The molecule has 1 nitrogen and oxygen atoms in total. The monoisotopic (exact) mass is 262 g/mol. The first-order valence-corrected chi connectivity index (χ1v) is 7.26. The number of fused-ring (bicyclic) bond motifs is 1. The number of Topliss-reactive ketones (excluding diaryl/α,β-unsaturated/α-hetero) is 1. The van der Waals surface area contributed by atoms with Gasteiger partial charge in [0.2, 0.25) is 0 Å². The fourth-order valence-corrected chi connectivity index (χ4v) is 3.72. The Morgan fingerprint density at radius 3 is 2.83 bits per heavy atom. The van der Waals surface area contributed by atoms with Crippen molar-refractivity contribution in [2.75, 3.05) is 0 Å². The van der Waals surface area contributed by atoms with Gasteiger partial charge in [-0.25, -0.2) is 4.39 Å². The van der Waals surface area contributed by atoms with E-state index in [1.807, 2.05) is 6.07 Å². The minimum absolute atomic E-state index is 0.225. The number of halogens is 1. The van der Waals surface area contributed by atoms with E-state index in [-0.39, 0.29) is 11.6 Å². The summed E-state index contributed by atoms with van der Waals surface area (Å²) < 4.78 is 14.1. The van der Waals surface area contributed by atoms with Crippen molar-refractivity contribution >= 4 is 27.2 Å². The highest BCUT2D eigenvalue weighted by molar-refractivity contribution is 7.20. The van der Waals surface area contributed by atoms with E-state index in [0.29, 0.717) is 12.3 Å². The van der Waals surface area contributed by atoms with Crippen molar-refractivity contribution in [3.05, 3.63) is 35.0 Å². The van der Waals surface area contributed by atoms with E-state index in [1.165, 1.54) is 49.2 Å². The summed E-state index contributed by atoms with van der Waals surface area (Å²) >= 11 is 1.48. The summed E-state index contributed by atoms with van der Waals surface area (Å²) in [7, 11) is 0. The number of hydrogen-bond donors (Lipinski definition) is 0. The number of ketones is 1. The first-order chi connectivity index (χ1) is 8.72. The lowest BCUT2D eigenvalue weighted by molar-refractivity contribution is 0.0966. The normalized spacial score (nSPS) is 16.5. The maximum atomic E-state index is 13.1. The van der Waals surface area contributed by atoms with Gasteiger partial charge in [-0.05, 0) is 35.6 Å². The van der Waals surface area contributed by atoms with Crippen LogP contribution in [0.4, 0.5) is 4.39 Å². The fourth-order valence-electron chi connectivity index (χ4n) is 2.73. The molecular weight excluding hydrogens is 247 g/mol. The molecule has 0 aliphatic heterocycles. The molecule has 0 bridgehead atoms. The van der Waals surface area contributed by atoms with Crippen molar-refractivity contribution in [3.63, 3.8) is 0 Å². The molecule has 0 saturated heterocycles. The lowest BCUT2D eigenvalue weighted by Crippen LogP contribution is -2.03. The van der Waals surface area contributed by atoms with Gasteiger partial charge in [0.1, 0.15) is 5.82 Å². The molecule has 1 fully saturated rings. The van der Waals surface area contributed by atoms with Gasteiger partial charge in [0.05, 0.1) is 4.88 Å². The number of thiophene rings is 1. The third-order valence-corrected chi connectivity index (χ3v) is 4.86. The molecule has 18 heavy (non-hydrogen) atoms. The predicted octanol–water partition coefficient (Wildman–Crippen LogP) is 4.80. The van der Waals surface area contributed by atoms with Crippen LogP contribution in [0.15, 0.2) is 24.3 Å². The molecule has 3 rings (SSSR count). The van der Waals surface area contributed by atoms with Crippen LogP contribution in [0.3, 0.4) is 0 Å². The van der Waals surface area contributed by atoms with Gasteiger partial charge >= 0.3 is 0 Å². The van der Waals surface area contributed by atoms with Gasteiger partial charge in [0.25, 0.3) is 0 Å². The van der Waals surface area contributed by atoms with Crippen molar-refractivity contribution in [3.8, 4) is 0 Å². The summed E-state index contributed by atoms with van der Waals surface area (Å²) in [4.78, 5) is 13.0. The highest BCUT2D eigenvalue weighted by Crippen LogP contribution is 2.32. The predicted molar refractivity (Wildman–Crippen MR) is 72.7 cm³/mol. The minimum atomic E-state index is -0.241.